The Balaban J connectivity index is 2.12. The molecule has 2 fully saturated rings. The van der Waals surface area contributed by atoms with Gasteiger partial charge in [0, 0.05) is 0 Å². The van der Waals surface area contributed by atoms with Gasteiger partial charge in [0.15, 0.2) is 0 Å². The van der Waals surface area contributed by atoms with E-state index >= 15 is 0 Å². The van der Waals surface area contributed by atoms with E-state index in [1.807, 2.05) is 0 Å². The molecule has 1 heteroatoms. The summed E-state index contributed by atoms with van der Waals surface area (Å²) in [5.74, 6) is 2.04. The van der Waals surface area contributed by atoms with Gasteiger partial charge in [-0.3, -0.25) is 0 Å². The summed E-state index contributed by atoms with van der Waals surface area (Å²) < 4.78 is 0. The van der Waals surface area contributed by atoms with E-state index in [1.165, 1.54) is 38.5 Å². The molecule has 0 aliphatic carbocycles. The molecule has 0 aromatic rings. The number of rotatable bonds is 1. The molecule has 2 heterocycles. The fraction of sp³-hybridized carbons (Fsp3) is 1.00. The van der Waals surface area contributed by atoms with Gasteiger partial charge >= 0.3 is 0 Å². The Morgan fingerprint density at radius 3 is 2.17 bits per heavy atom. The molecule has 2 aliphatic rings. The van der Waals surface area contributed by atoms with Crippen molar-refractivity contribution >= 4 is 7.28 Å². The lowest BCUT2D eigenvalue weighted by Crippen LogP contribution is -2.36. The molecular formula is C11H21B. The second-order valence-electron chi connectivity index (χ2n) is 5.37. The zero-order valence-corrected chi connectivity index (χ0v) is 8.60. The van der Waals surface area contributed by atoms with Gasteiger partial charge in [0.05, 0.1) is 0 Å². The summed E-state index contributed by atoms with van der Waals surface area (Å²) in [6.45, 7) is 4.88. The van der Waals surface area contributed by atoms with Crippen molar-refractivity contribution < 1.29 is 0 Å². The van der Waals surface area contributed by atoms with E-state index in [0.29, 0.717) is 0 Å². The van der Waals surface area contributed by atoms with E-state index in [4.69, 9.17) is 0 Å². The summed E-state index contributed by atoms with van der Waals surface area (Å²) in [5, 5.41) is 0.779. The number of fused-ring (bicyclic) bond motifs is 2. The lowest BCUT2D eigenvalue weighted by molar-refractivity contribution is 0.280. The molecule has 68 valence electrons. The molecule has 2 rings (SSSR count). The Morgan fingerprint density at radius 1 is 1.17 bits per heavy atom. The van der Waals surface area contributed by atoms with E-state index < -0.39 is 0 Å². The molecule has 0 saturated carbocycles. The molecular weight excluding hydrogens is 143 g/mol. The first-order valence-electron chi connectivity index (χ1n) is 5.73. The second-order valence-corrected chi connectivity index (χ2v) is 5.37. The van der Waals surface area contributed by atoms with Gasteiger partial charge in [0.25, 0.3) is 0 Å². The fourth-order valence-corrected chi connectivity index (χ4v) is 3.55. The van der Waals surface area contributed by atoms with Crippen LogP contribution in [0.25, 0.3) is 0 Å². The summed E-state index contributed by atoms with van der Waals surface area (Å²) >= 11 is 0. The van der Waals surface area contributed by atoms with E-state index in [-0.39, 0.29) is 0 Å². The molecule has 0 unspecified atom stereocenters. The van der Waals surface area contributed by atoms with Crippen molar-refractivity contribution in [1.29, 1.82) is 0 Å². The van der Waals surface area contributed by atoms with Crippen molar-refractivity contribution in [1.82, 2.24) is 0 Å². The average molecular weight is 164 g/mol. The molecule has 0 aromatic carbocycles. The van der Waals surface area contributed by atoms with Crippen LogP contribution < -0.4 is 0 Å². The van der Waals surface area contributed by atoms with Crippen LogP contribution in [0, 0.1) is 5.92 Å². The molecule has 0 spiro atoms. The molecule has 0 amide bonds. The summed E-state index contributed by atoms with van der Waals surface area (Å²) in [7, 11) is 1.56. The monoisotopic (exact) mass is 164 g/mol. The first-order chi connectivity index (χ1) is 5.73. The van der Waals surface area contributed by atoms with Gasteiger partial charge in [-0.15, -0.1) is 0 Å². The Kier molecular flexibility index (Phi) is 2.22. The highest BCUT2D eigenvalue weighted by Gasteiger charge is 2.41. The number of hydrogen-bond acceptors (Lipinski definition) is 0. The van der Waals surface area contributed by atoms with Crippen molar-refractivity contribution in [2.45, 2.75) is 63.5 Å². The van der Waals surface area contributed by atoms with Gasteiger partial charge < -0.3 is 0 Å². The Hall–Kier alpha value is 0.0649. The van der Waals surface area contributed by atoms with Crippen LogP contribution in [-0.2, 0) is 0 Å². The van der Waals surface area contributed by atoms with Crippen molar-refractivity contribution in [2.24, 2.45) is 5.92 Å². The molecule has 12 heavy (non-hydrogen) atoms. The zero-order chi connectivity index (χ0) is 8.60. The van der Waals surface area contributed by atoms with Crippen LogP contribution >= 0.6 is 0 Å². The van der Waals surface area contributed by atoms with E-state index in [9.17, 15) is 0 Å². The molecule has 0 aromatic heterocycles. The third-order valence-corrected chi connectivity index (χ3v) is 4.49. The molecule has 2 saturated heterocycles. The standard InChI is InChI=1S/C11H21B/c1-9(2)11-7-3-5-10(12-11)6-4-8-11/h9-10,12H,3-8H2,1-2H3. The van der Waals surface area contributed by atoms with E-state index in [1.54, 1.807) is 7.28 Å². The molecule has 0 atom stereocenters. The van der Waals surface area contributed by atoms with Crippen molar-refractivity contribution in [3.05, 3.63) is 0 Å². The molecule has 2 aliphatic heterocycles. The molecule has 2 bridgehead atoms. The highest BCUT2D eigenvalue weighted by atomic mass is 14.4. The highest BCUT2D eigenvalue weighted by Crippen LogP contribution is 2.55. The third kappa shape index (κ3) is 1.32. The van der Waals surface area contributed by atoms with Crippen molar-refractivity contribution in [2.75, 3.05) is 0 Å². The van der Waals surface area contributed by atoms with Crippen molar-refractivity contribution in [3.63, 3.8) is 0 Å². The van der Waals surface area contributed by atoms with Gasteiger partial charge in [0.1, 0.15) is 7.28 Å². The average Bonchev–Trinajstić information content (AvgIpc) is 2.04. The minimum absolute atomic E-state index is 0.779. The Bertz CT molecular complexity index is 152. The van der Waals surface area contributed by atoms with Crippen LogP contribution in [0.2, 0.25) is 11.1 Å². The lowest BCUT2D eigenvalue weighted by atomic mass is 9.33. The SMILES string of the molecule is CC(C)C12BC(CCC1)CCC2. The van der Waals surface area contributed by atoms with Crippen LogP contribution in [-0.4, -0.2) is 7.28 Å². The first-order valence-corrected chi connectivity index (χ1v) is 5.73. The van der Waals surface area contributed by atoms with E-state index in [0.717, 1.165) is 17.0 Å². The smallest absolute Gasteiger partial charge is 0.0651 e. The van der Waals surface area contributed by atoms with Crippen LogP contribution in [0.1, 0.15) is 52.4 Å². The predicted octanol–water partition coefficient (Wildman–Crippen LogP) is 3.39. The van der Waals surface area contributed by atoms with Crippen molar-refractivity contribution in [3.8, 4) is 0 Å². The maximum absolute atomic E-state index is 2.44. The minimum atomic E-state index is 0.779. The lowest BCUT2D eigenvalue weighted by Gasteiger charge is -2.47. The normalized spacial score (nSPS) is 41.1. The summed E-state index contributed by atoms with van der Waals surface area (Å²) in [6, 6.07) is 0. The van der Waals surface area contributed by atoms with Gasteiger partial charge in [0.2, 0.25) is 0 Å². The van der Waals surface area contributed by atoms with Gasteiger partial charge in [-0.1, -0.05) is 63.5 Å². The minimum Gasteiger partial charge on any atom is -0.0651 e. The first kappa shape index (κ1) is 8.65. The quantitative estimate of drug-likeness (QED) is 0.521. The molecule has 0 N–H and O–H groups in total. The van der Waals surface area contributed by atoms with Crippen LogP contribution in [0.15, 0.2) is 0 Å². The van der Waals surface area contributed by atoms with Crippen LogP contribution in [0.3, 0.4) is 0 Å². The summed E-state index contributed by atoms with van der Waals surface area (Å²) in [6.07, 6.45) is 9.16. The van der Waals surface area contributed by atoms with Crippen LogP contribution in [0.4, 0.5) is 0 Å². The zero-order valence-electron chi connectivity index (χ0n) is 8.60. The van der Waals surface area contributed by atoms with E-state index in [2.05, 4.69) is 13.8 Å². The van der Waals surface area contributed by atoms with Crippen LogP contribution in [0.5, 0.6) is 0 Å². The topological polar surface area (TPSA) is 0 Å². The molecule has 0 nitrogen and oxygen atoms in total. The molecule has 0 radical (unpaired) electrons. The summed E-state index contributed by atoms with van der Waals surface area (Å²) in [5.41, 5.74) is 0. The predicted molar refractivity (Wildman–Crippen MR) is 56.1 cm³/mol. The maximum Gasteiger partial charge on any atom is 0.131 e. The fourth-order valence-electron chi connectivity index (χ4n) is 3.55. The highest BCUT2D eigenvalue weighted by molar-refractivity contribution is 6.42. The van der Waals surface area contributed by atoms with Gasteiger partial charge in [-0.05, 0) is 5.92 Å². The Labute approximate surface area is 77.4 Å². The largest absolute Gasteiger partial charge is 0.131 e. The Morgan fingerprint density at radius 2 is 1.75 bits per heavy atom. The van der Waals surface area contributed by atoms with Gasteiger partial charge in [-0.25, -0.2) is 0 Å². The maximum atomic E-state index is 2.44. The van der Waals surface area contributed by atoms with Gasteiger partial charge in [-0.2, -0.15) is 0 Å². The second kappa shape index (κ2) is 3.08. The third-order valence-electron chi connectivity index (χ3n) is 4.49. The summed E-state index contributed by atoms with van der Waals surface area (Å²) in [4.78, 5) is 0. The number of hydrogen-bond donors (Lipinski definition) is 0.